The van der Waals surface area contributed by atoms with Crippen LogP contribution in [0.2, 0.25) is 0 Å². The molecule has 41 heavy (non-hydrogen) atoms. The number of esters is 1. The Morgan fingerprint density at radius 2 is 1.61 bits per heavy atom. The van der Waals surface area contributed by atoms with Gasteiger partial charge in [-0.3, -0.25) is 0 Å². The van der Waals surface area contributed by atoms with Crippen LogP contribution in [0.3, 0.4) is 0 Å². The molecule has 218 valence electrons. The summed E-state index contributed by atoms with van der Waals surface area (Å²) >= 11 is 0. The van der Waals surface area contributed by atoms with Crippen LogP contribution in [0.5, 0.6) is 17.5 Å². The van der Waals surface area contributed by atoms with E-state index in [-0.39, 0.29) is 29.7 Å². The number of methoxy groups -OCH3 is 3. The number of fused-ring (bicyclic) bond motifs is 1. The number of carbonyl (C=O) groups is 1. The van der Waals surface area contributed by atoms with Crippen molar-refractivity contribution in [2.45, 2.75) is 37.8 Å². The van der Waals surface area contributed by atoms with Gasteiger partial charge in [0.25, 0.3) is 0 Å². The molecule has 1 saturated carbocycles. The zero-order chi connectivity index (χ0) is 29.1. The van der Waals surface area contributed by atoms with Crippen molar-refractivity contribution in [3.05, 3.63) is 71.0 Å². The zero-order valence-corrected chi connectivity index (χ0v) is 23.1. The highest BCUT2D eigenvalue weighted by Gasteiger charge is 2.51. The van der Waals surface area contributed by atoms with Gasteiger partial charge in [0, 0.05) is 24.1 Å². The summed E-state index contributed by atoms with van der Waals surface area (Å²) in [7, 11) is 4.19. The fraction of sp³-hybridized carbons (Fsp3) is 0.400. The molecular formula is C30H32F3N3O5. The summed E-state index contributed by atoms with van der Waals surface area (Å²) < 4.78 is 65.5. The Hall–Kier alpha value is -4.15. The van der Waals surface area contributed by atoms with Crippen LogP contribution in [-0.2, 0) is 10.4 Å². The second-order valence-corrected chi connectivity index (χ2v) is 10.2. The van der Waals surface area contributed by atoms with Crippen molar-refractivity contribution in [1.82, 2.24) is 4.98 Å². The maximum absolute atomic E-state index is 15.0. The minimum absolute atomic E-state index is 0.0211. The number of rotatable bonds is 9. The smallest absolute Gasteiger partial charge is 0.337 e. The predicted molar refractivity (Wildman–Crippen MR) is 146 cm³/mol. The van der Waals surface area contributed by atoms with E-state index in [0.29, 0.717) is 22.8 Å². The van der Waals surface area contributed by atoms with E-state index in [2.05, 4.69) is 20.4 Å². The molecule has 1 atom stereocenters. The third-order valence-corrected chi connectivity index (χ3v) is 7.93. The van der Waals surface area contributed by atoms with Crippen molar-refractivity contribution < 1.29 is 36.9 Å². The van der Waals surface area contributed by atoms with E-state index >= 15 is 4.39 Å². The lowest BCUT2D eigenvalue weighted by molar-refractivity contribution is 0.0600. The Bertz CT molecular complexity index is 1400. The van der Waals surface area contributed by atoms with E-state index in [9.17, 15) is 13.6 Å². The number of halogens is 3. The van der Waals surface area contributed by atoms with E-state index in [1.54, 1.807) is 12.1 Å². The van der Waals surface area contributed by atoms with E-state index in [1.807, 2.05) is 0 Å². The number of benzene rings is 2. The number of nitrogens with one attached hydrogen (secondary N) is 2. The number of aromatic nitrogens is 1. The molecule has 1 aliphatic carbocycles. The van der Waals surface area contributed by atoms with Gasteiger partial charge in [-0.1, -0.05) is 19.3 Å². The Morgan fingerprint density at radius 3 is 2.20 bits per heavy atom. The molecule has 8 nitrogen and oxygen atoms in total. The molecule has 2 aliphatic rings. The third kappa shape index (κ3) is 5.45. The summed E-state index contributed by atoms with van der Waals surface area (Å²) in [6.07, 6.45) is 4.81. The van der Waals surface area contributed by atoms with Crippen molar-refractivity contribution in [2.75, 3.05) is 38.6 Å². The van der Waals surface area contributed by atoms with Gasteiger partial charge in [-0.25, -0.2) is 18.0 Å². The lowest BCUT2D eigenvalue weighted by Crippen LogP contribution is -2.52. The van der Waals surface area contributed by atoms with Crippen LogP contribution in [0.4, 0.5) is 24.5 Å². The molecule has 11 heteroatoms. The van der Waals surface area contributed by atoms with E-state index < -0.39 is 35.0 Å². The van der Waals surface area contributed by atoms with Gasteiger partial charge >= 0.3 is 5.97 Å². The van der Waals surface area contributed by atoms with Crippen LogP contribution in [0, 0.1) is 29.3 Å². The van der Waals surface area contributed by atoms with Crippen LogP contribution < -0.4 is 24.8 Å². The molecule has 0 radical (unpaired) electrons. The lowest BCUT2D eigenvalue weighted by Gasteiger charge is -2.44. The molecule has 2 aromatic carbocycles. The standard InChI is InChI=1S/C30H32F3N3O5/c1-38-27-12-10-19(28(34-27)39-2)30(35-24-14-21(31)22(32)15-25(24)36-30)20(17-7-5-4-6-8-17)16-41-26-11-9-18(13-23(26)33)29(37)40-3/h9-15,17,20,35-36H,4-8,16H2,1-3H3. The average molecular weight is 572 g/mol. The molecular weight excluding hydrogens is 539 g/mol. The summed E-state index contributed by atoms with van der Waals surface area (Å²) in [5.74, 6) is -3.15. The van der Waals surface area contributed by atoms with Crippen LogP contribution in [0.1, 0.15) is 48.0 Å². The highest BCUT2D eigenvalue weighted by Crippen LogP contribution is 2.51. The van der Waals surface area contributed by atoms with Gasteiger partial charge in [0.15, 0.2) is 23.2 Å². The summed E-state index contributed by atoms with van der Waals surface area (Å²) in [6, 6.07) is 9.55. The number of hydrogen-bond donors (Lipinski definition) is 2. The van der Waals surface area contributed by atoms with Crippen molar-refractivity contribution in [1.29, 1.82) is 0 Å². The number of nitrogens with zero attached hydrogens (tertiary/aromatic N) is 1. The van der Waals surface area contributed by atoms with Gasteiger partial charge in [-0.15, -0.1) is 0 Å². The van der Waals surface area contributed by atoms with Gasteiger partial charge in [-0.05, 0) is 43.0 Å². The molecule has 0 bridgehead atoms. The first-order chi connectivity index (χ1) is 19.8. The third-order valence-electron chi connectivity index (χ3n) is 7.93. The SMILES string of the molecule is COC(=O)c1ccc(OCC(C2CCCCC2)C2(c3ccc(OC)nc3OC)Nc3cc(F)c(F)cc3N2)c(F)c1. The Balaban J connectivity index is 1.60. The highest BCUT2D eigenvalue weighted by atomic mass is 19.2. The zero-order valence-electron chi connectivity index (χ0n) is 23.1. The predicted octanol–water partition coefficient (Wildman–Crippen LogP) is 6.27. The second-order valence-electron chi connectivity index (χ2n) is 10.2. The molecule has 0 saturated heterocycles. The maximum atomic E-state index is 15.0. The van der Waals surface area contributed by atoms with Crippen molar-refractivity contribution in [3.8, 4) is 17.5 Å². The fourth-order valence-electron chi connectivity index (χ4n) is 5.92. The topological polar surface area (TPSA) is 90.9 Å². The Kier molecular flexibility index (Phi) is 8.14. The first-order valence-electron chi connectivity index (χ1n) is 13.4. The molecule has 1 fully saturated rings. The molecule has 1 unspecified atom stereocenters. The Morgan fingerprint density at radius 1 is 0.927 bits per heavy atom. The Labute approximate surface area is 236 Å². The molecule has 0 amide bonds. The number of ether oxygens (including phenoxy) is 4. The first-order valence-corrected chi connectivity index (χ1v) is 13.4. The van der Waals surface area contributed by atoms with E-state index in [4.69, 9.17) is 14.2 Å². The molecule has 5 rings (SSSR count). The summed E-state index contributed by atoms with van der Waals surface area (Å²) in [4.78, 5) is 16.3. The second kappa shape index (κ2) is 11.8. The van der Waals surface area contributed by atoms with E-state index in [1.165, 1.54) is 33.5 Å². The monoisotopic (exact) mass is 571 g/mol. The molecule has 1 aromatic heterocycles. The normalized spacial score (nSPS) is 16.6. The number of anilines is 2. The molecule has 1 aliphatic heterocycles. The highest BCUT2D eigenvalue weighted by molar-refractivity contribution is 5.89. The van der Waals surface area contributed by atoms with Crippen molar-refractivity contribution >= 4 is 17.3 Å². The van der Waals surface area contributed by atoms with Gasteiger partial charge in [-0.2, -0.15) is 4.98 Å². The molecule has 2 heterocycles. The maximum Gasteiger partial charge on any atom is 0.337 e. The summed E-state index contributed by atoms with van der Waals surface area (Å²) in [5, 5.41) is 6.82. The number of carbonyl (C=O) groups excluding carboxylic acids is 1. The molecule has 0 spiro atoms. The van der Waals surface area contributed by atoms with Gasteiger partial charge in [0.05, 0.1) is 50.4 Å². The van der Waals surface area contributed by atoms with Gasteiger partial charge in [0.1, 0.15) is 5.66 Å². The minimum Gasteiger partial charge on any atom is -0.490 e. The van der Waals surface area contributed by atoms with Crippen LogP contribution in [0.25, 0.3) is 0 Å². The summed E-state index contributed by atoms with van der Waals surface area (Å²) in [6.45, 7) is 0.0211. The van der Waals surface area contributed by atoms with Crippen molar-refractivity contribution in [2.24, 2.45) is 11.8 Å². The summed E-state index contributed by atoms with van der Waals surface area (Å²) in [5.41, 5.74) is 0.147. The minimum atomic E-state index is -1.20. The molecule has 3 aromatic rings. The lowest BCUT2D eigenvalue weighted by atomic mass is 9.72. The first kappa shape index (κ1) is 28.4. The fourth-order valence-corrected chi connectivity index (χ4v) is 5.92. The quantitative estimate of drug-likeness (QED) is 0.291. The van der Waals surface area contributed by atoms with Crippen molar-refractivity contribution in [3.63, 3.8) is 0 Å². The molecule has 2 N–H and O–H groups in total. The largest absolute Gasteiger partial charge is 0.490 e. The van der Waals surface area contributed by atoms with Gasteiger partial charge < -0.3 is 29.6 Å². The average Bonchev–Trinajstić information content (AvgIpc) is 3.36. The van der Waals surface area contributed by atoms with E-state index in [0.717, 1.165) is 50.3 Å². The van der Waals surface area contributed by atoms with Gasteiger partial charge in [0.2, 0.25) is 11.8 Å². The van der Waals surface area contributed by atoms with Crippen LogP contribution in [0.15, 0.2) is 42.5 Å². The number of pyridine rings is 1. The van der Waals surface area contributed by atoms with Crippen LogP contribution >= 0.6 is 0 Å². The van der Waals surface area contributed by atoms with Crippen LogP contribution in [-0.4, -0.2) is 38.9 Å². The number of hydrogen-bond acceptors (Lipinski definition) is 8.